The summed E-state index contributed by atoms with van der Waals surface area (Å²) in [5, 5.41) is 3.61. The van der Waals surface area contributed by atoms with E-state index in [1.807, 2.05) is 0 Å². The van der Waals surface area contributed by atoms with Crippen LogP contribution in [-0.4, -0.2) is 36.6 Å². The molecular weight excluding hydrogens is 220 g/mol. The van der Waals surface area contributed by atoms with Crippen LogP contribution >= 0.6 is 0 Å². The quantitative estimate of drug-likeness (QED) is 0.770. The van der Waals surface area contributed by atoms with Gasteiger partial charge in [0.05, 0.1) is 0 Å². The zero-order chi connectivity index (χ0) is 13.4. The van der Waals surface area contributed by atoms with Crippen LogP contribution in [0.4, 0.5) is 0 Å². The van der Waals surface area contributed by atoms with Gasteiger partial charge in [-0.2, -0.15) is 0 Å². The molecule has 0 aromatic rings. The number of rotatable bonds is 1. The summed E-state index contributed by atoms with van der Waals surface area (Å²) < 4.78 is 0. The fourth-order valence-corrected chi connectivity index (χ4v) is 4.52. The van der Waals surface area contributed by atoms with E-state index in [-0.39, 0.29) is 0 Å². The highest BCUT2D eigenvalue weighted by Gasteiger charge is 2.40. The Balaban J connectivity index is 2.06. The van der Waals surface area contributed by atoms with E-state index in [4.69, 9.17) is 0 Å². The molecule has 1 N–H and O–H groups in total. The second-order valence-electron chi connectivity index (χ2n) is 8.27. The van der Waals surface area contributed by atoms with Gasteiger partial charge in [-0.1, -0.05) is 27.7 Å². The smallest absolute Gasteiger partial charge is 0.0166 e. The van der Waals surface area contributed by atoms with E-state index < -0.39 is 0 Å². The Bertz CT molecular complexity index is 267. The van der Waals surface area contributed by atoms with Crippen molar-refractivity contribution in [3.8, 4) is 0 Å². The number of hydrogen-bond donors (Lipinski definition) is 1. The van der Waals surface area contributed by atoms with Gasteiger partial charge < -0.3 is 5.32 Å². The van der Waals surface area contributed by atoms with Gasteiger partial charge in [-0.15, -0.1) is 0 Å². The summed E-state index contributed by atoms with van der Waals surface area (Å²) >= 11 is 0. The maximum Gasteiger partial charge on any atom is 0.0166 e. The van der Waals surface area contributed by atoms with Gasteiger partial charge >= 0.3 is 0 Å². The first-order valence-electron chi connectivity index (χ1n) is 7.75. The van der Waals surface area contributed by atoms with E-state index in [1.54, 1.807) is 0 Å². The summed E-state index contributed by atoms with van der Waals surface area (Å²) in [5.41, 5.74) is 1.02. The van der Waals surface area contributed by atoms with E-state index in [0.29, 0.717) is 16.9 Å². The molecule has 106 valence electrons. The van der Waals surface area contributed by atoms with Gasteiger partial charge in [0.2, 0.25) is 0 Å². The molecule has 1 unspecified atom stereocenters. The number of hydrogen-bond acceptors (Lipinski definition) is 2. The fourth-order valence-electron chi connectivity index (χ4n) is 4.52. The highest BCUT2D eigenvalue weighted by atomic mass is 15.2. The maximum absolute atomic E-state index is 3.61. The third-order valence-corrected chi connectivity index (χ3v) is 4.67. The van der Waals surface area contributed by atoms with Crippen molar-refractivity contribution in [2.24, 2.45) is 10.8 Å². The Morgan fingerprint density at radius 1 is 1.06 bits per heavy atom. The van der Waals surface area contributed by atoms with Crippen molar-refractivity contribution in [1.29, 1.82) is 0 Å². The minimum atomic E-state index is 0.509. The summed E-state index contributed by atoms with van der Waals surface area (Å²) in [6, 6.07) is 1.45. The lowest BCUT2D eigenvalue weighted by molar-refractivity contribution is 0.0243. The highest BCUT2D eigenvalue weighted by molar-refractivity contribution is 4.94. The second kappa shape index (κ2) is 5.13. The lowest BCUT2D eigenvalue weighted by Crippen LogP contribution is -2.48. The minimum Gasteiger partial charge on any atom is -0.313 e. The largest absolute Gasteiger partial charge is 0.313 e. The first-order valence-corrected chi connectivity index (χ1v) is 7.75. The van der Waals surface area contributed by atoms with Crippen molar-refractivity contribution in [2.45, 2.75) is 72.4 Å². The molecule has 1 aliphatic carbocycles. The van der Waals surface area contributed by atoms with Crippen LogP contribution in [0.25, 0.3) is 0 Å². The van der Waals surface area contributed by atoms with Crippen molar-refractivity contribution >= 4 is 0 Å². The summed E-state index contributed by atoms with van der Waals surface area (Å²) in [5.74, 6) is 0. The Kier molecular flexibility index (Phi) is 4.08. The van der Waals surface area contributed by atoms with E-state index in [1.165, 1.54) is 45.3 Å². The van der Waals surface area contributed by atoms with Gasteiger partial charge in [0.1, 0.15) is 0 Å². The SMILES string of the molecule is CC1CN(C2CC(C)(C)CC(C)(C)C2)CCCN1. The molecule has 2 aliphatic rings. The molecule has 1 aliphatic heterocycles. The van der Waals surface area contributed by atoms with Crippen LogP contribution in [-0.2, 0) is 0 Å². The van der Waals surface area contributed by atoms with Gasteiger partial charge in [0, 0.05) is 18.6 Å². The molecule has 0 aromatic carbocycles. The van der Waals surface area contributed by atoms with Gasteiger partial charge in [0.15, 0.2) is 0 Å². The summed E-state index contributed by atoms with van der Waals surface area (Å²) in [6.45, 7) is 15.9. The molecule has 0 bridgehead atoms. The molecule has 0 radical (unpaired) electrons. The number of nitrogens with one attached hydrogen (secondary N) is 1. The van der Waals surface area contributed by atoms with E-state index in [9.17, 15) is 0 Å². The molecule has 0 spiro atoms. The lowest BCUT2D eigenvalue weighted by Gasteiger charge is -2.48. The Hall–Kier alpha value is -0.0800. The molecular formula is C16H32N2. The fraction of sp³-hybridized carbons (Fsp3) is 1.00. The molecule has 1 saturated heterocycles. The number of nitrogens with zero attached hydrogens (tertiary/aromatic N) is 1. The normalized spacial score (nSPS) is 34.2. The van der Waals surface area contributed by atoms with E-state index in [0.717, 1.165) is 6.04 Å². The average Bonchev–Trinajstić information content (AvgIpc) is 2.38. The van der Waals surface area contributed by atoms with Crippen molar-refractivity contribution in [2.75, 3.05) is 19.6 Å². The van der Waals surface area contributed by atoms with Crippen LogP contribution < -0.4 is 5.32 Å². The molecule has 1 saturated carbocycles. The monoisotopic (exact) mass is 252 g/mol. The highest BCUT2D eigenvalue weighted by Crippen LogP contribution is 2.47. The van der Waals surface area contributed by atoms with Gasteiger partial charge in [-0.05, 0) is 56.5 Å². The van der Waals surface area contributed by atoms with Crippen LogP contribution in [0.1, 0.15) is 60.3 Å². The molecule has 18 heavy (non-hydrogen) atoms. The first-order chi connectivity index (χ1) is 8.27. The third-order valence-electron chi connectivity index (χ3n) is 4.67. The Labute approximate surface area is 114 Å². The molecule has 2 rings (SSSR count). The molecule has 2 heteroatoms. The van der Waals surface area contributed by atoms with Crippen LogP contribution in [0, 0.1) is 10.8 Å². The molecule has 0 amide bonds. The van der Waals surface area contributed by atoms with Crippen molar-refractivity contribution in [3.63, 3.8) is 0 Å². The Morgan fingerprint density at radius 3 is 2.28 bits per heavy atom. The van der Waals surface area contributed by atoms with E-state index in [2.05, 4.69) is 44.8 Å². The van der Waals surface area contributed by atoms with Gasteiger partial charge in [0.25, 0.3) is 0 Å². The van der Waals surface area contributed by atoms with Crippen LogP contribution in [0.5, 0.6) is 0 Å². The standard InChI is InChI=1S/C16H32N2/c1-13-11-18(8-6-7-17-13)14-9-15(2,3)12-16(4,5)10-14/h13-14,17H,6-12H2,1-5H3. The predicted octanol–water partition coefficient (Wildman–Crippen LogP) is 3.28. The van der Waals surface area contributed by atoms with Gasteiger partial charge in [-0.3, -0.25) is 4.90 Å². The van der Waals surface area contributed by atoms with Crippen molar-refractivity contribution in [3.05, 3.63) is 0 Å². The molecule has 1 heterocycles. The summed E-state index contributed by atoms with van der Waals surface area (Å²) in [6.07, 6.45) is 5.44. The van der Waals surface area contributed by atoms with Crippen LogP contribution in [0.2, 0.25) is 0 Å². The van der Waals surface area contributed by atoms with E-state index >= 15 is 0 Å². The minimum absolute atomic E-state index is 0.509. The zero-order valence-corrected chi connectivity index (χ0v) is 13.1. The predicted molar refractivity (Wildman–Crippen MR) is 78.9 cm³/mol. The lowest BCUT2D eigenvalue weighted by atomic mass is 9.63. The second-order valence-corrected chi connectivity index (χ2v) is 8.27. The summed E-state index contributed by atoms with van der Waals surface area (Å²) in [7, 11) is 0. The average molecular weight is 252 g/mol. The Morgan fingerprint density at radius 2 is 1.67 bits per heavy atom. The van der Waals surface area contributed by atoms with Crippen molar-refractivity contribution in [1.82, 2.24) is 10.2 Å². The summed E-state index contributed by atoms with van der Waals surface area (Å²) in [4.78, 5) is 2.77. The van der Waals surface area contributed by atoms with Crippen LogP contribution in [0.15, 0.2) is 0 Å². The van der Waals surface area contributed by atoms with Crippen molar-refractivity contribution < 1.29 is 0 Å². The molecule has 2 fully saturated rings. The van der Waals surface area contributed by atoms with Gasteiger partial charge in [-0.25, -0.2) is 0 Å². The molecule has 0 aromatic heterocycles. The zero-order valence-electron chi connectivity index (χ0n) is 13.1. The topological polar surface area (TPSA) is 15.3 Å². The first kappa shape index (κ1) is 14.3. The maximum atomic E-state index is 3.61. The molecule has 1 atom stereocenters. The molecule has 2 nitrogen and oxygen atoms in total. The van der Waals surface area contributed by atoms with Crippen LogP contribution in [0.3, 0.4) is 0 Å². The third kappa shape index (κ3) is 3.71.